The van der Waals surface area contributed by atoms with Crippen LogP contribution in [0.2, 0.25) is 0 Å². The van der Waals surface area contributed by atoms with Crippen LogP contribution in [0.4, 0.5) is 13.2 Å². The Morgan fingerprint density at radius 3 is 2.32 bits per heavy atom. The molecule has 19 heavy (non-hydrogen) atoms. The summed E-state index contributed by atoms with van der Waals surface area (Å²) in [6, 6.07) is 7.32. The van der Waals surface area contributed by atoms with Crippen molar-refractivity contribution in [1.29, 1.82) is 0 Å². The number of rotatable bonds is 2. The molecule has 2 nitrogen and oxygen atoms in total. The quantitative estimate of drug-likeness (QED) is 0.779. The third-order valence-electron chi connectivity index (χ3n) is 2.73. The molecular weight excluding hydrogens is 341 g/mol. The summed E-state index contributed by atoms with van der Waals surface area (Å²) in [6.07, 6.45) is -4.41. The van der Waals surface area contributed by atoms with E-state index < -0.39 is 11.9 Å². The van der Waals surface area contributed by atoms with Crippen LogP contribution in [0.15, 0.2) is 28.7 Å². The van der Waals surface area contributed by atoms with Crippen LogP contribution in [0.1, 0.15) is 16.8 Å². The fourth-order valence-electron chi connectivity index (χ4n) is 1.74. The molecule has 0 bridgehead atoms. The van der Waals surface area contributed by atoms with Gasteiger partial charge in [-0.1, -0.05) is 40.3 Å². The molecule has 7 heteroatoms. The predicted molar refractivity (Wildman–Crippen MR) is 72.6 cm³/mol. The number of halogens is 4. The summed E-state index contributed by atoms with van der Waals surface area (Å²) in [4.78, 5) is 0. The molecule has 1 heterocycles. The second kappa shape index (κ2) is 5.13. The van der Waals surface area contributed by atoms with Crippen LogP contribution in [0.5, 0.6) is 0 Å². The van der Waals surface area contributed by atoms with E-state index in [1.807, 2.05) is 24.3 Å². The van der Waals surface area contributed by atoms with Crippen molar-refractivity contribution in [3.63, 3.8) is 0 Å². The second-order valence-corrected chi connectivity index (χ2v) is 5.43. The first-order valence-corrected chi connectivity index (χ1v) is 6.60. The topological polar surface area (TPSA) is 20.7 Å². The van der Waals surface area contributed by atoms with E-state index in [1.165, 1.54) is 11.6 Å². The number of aromatic amines is 1. The fraction of sp³-hybridized carbons (Fsp3) is 0.250. The van der Waals surface area contributed by atoms with E-state index in [0.717, 1.165) is 10.0 Å². The Labute approximate surface area is 121 Å². The predicted octanol–water partition coefficient (Wildman–Crippen LogP) is 4.68. The van der Waals surface area contributed by atoms with Gasteiger partial charge in [0.1, 0.15) is 10.3 Å². The molecule has 1 aromatic heterocycles. The summed E-state index contributed by atoms with van der Waals surface area (Å²) in [7, 11) is 0. The average Bonchev–Trinajstić information content (AvgIpc) is 2.60. The number of nitrogens with one attached hydrogen (secondary N) is 1. The number of aromatic nitrogens is 2. The highest BCUT2D eigenvalue weighted by Gasteiger charge is 2.35. The molecule has 2 aromatic rings. The van der Waals surface area contributed by atoms with Gasteiger partial charge in [-0.3, -0.25) is 9.78 Å². The zero-order valence-corrected chi connectivity index (χ0v) is 12.3. The summed E-state index contributed by atoms with van der Waals surface area (Å²) in [5, 5.41) is 2.33. The molecule has 102 valence electrons. The molecule has 0 aliphatic heterocycles. The lowest BCUT2D eigenvalue weighted by atomic mass is 10.2. The molecule has 0 amide bonds. The molecule has 0 aliphatic rings. The van der Waals surface area contributed by atoms with E-state index in [4.69, 9.17) is 12.2 Å². The maximum atomic E-state index is 12.7. The van der Waals surface area contributed by atoms with Gasteiger partial charge in [-0.25, -0.2) is 0 Å². The number of benzene rings is 1. The van der Waals surface area contributed by atoms with Gasteiger partial charge in [0.15, 0.2) is 0 Å². The third-order valence-corrected chi connectivity index (χ3v) is 3.78. The Bertz CT molecular complexity index is 640. The average molecular weight is 351 g/mol. The van der Waals surface area contributed by atoms with Crippen LogP contribution < -0.4 is 0 Å². The molecule has 1 N–H and O–H groups in total. The van der Waals surface area contributed by atoms with Crippen LogP contribution in [0, 0.1) is 11.6 Å². The fourth-order valence-corrected chi connectivity index (χ4v) is 2.22. The van der Waals surface area contributed by atoms with E-state index in [1.54, 1.807) is 0 Å². The van der Waals surface area contributed by atoms with Crippen molar-refractivity contribution in [1.82, 2.24) is 9.78 Å². The van der Waals surface area contributed by atoms with Crippen LogP contribution in [-0.2, 0) is 12.7 Å². The van der Waals surface area contributed by atoms with Gasteiger partial charge in [0.25, 0.3) is 0 Å². The monoisotopic (exact) mass is 350 g/mol. The number of hydrogen-bond acceptors (Lipinski definition) is 1. The van der Waals surface area contributed by atoms with E-state index >= 15 is 0 Å². The van der Waals surface area contributed by atoms with Gasteiger partial charge in [-0.05, 0) is 24.6 Å². The lowest BCUT2D eigenvalue weighted by molar-refractivity contribution is -0.141. The lowest BCUT2D eigenvalue weighted by Gasteiger charge is -2.05. The first kappa shape index (κ1) is 14.3. The Morgan fingerprint density at radius 2 is 1.84 bits per heavy atom. The Morgan fingerprint density at radius 1 is 1.26 bits per heavy atom. The van der Waals surface area contributed by atoms with E-state index in [2.05, 4.69) is 21.0 Å². The van der Waals surface area contributed by atoms with Crippen molar-refractivity contribution in [2.24, 2.45) is 0 Å². The van der Waals surface area contributed by atoms with Crippen molar-refractivity contribution in [2.75, 3.05) is 0 Å². The number of nitrogens with zero attached hydrogens (tertiary/aromatic N) is 1. The van der Waals surface area contributed by atoms with Crippen molar-refractivity contribution in [2.45, 2.75) is 19.6 Å². The van der Waals surface area contributed by atoms with Gasteiger partial charge in [0.2, 0.25) is 0 Å². The number of alkyl halides is 3. The summed E-state index contributed by atoms with van der Waals surface area (Å²) in [6.45, 7) is 1.66. The van der Waals surface area contributed by atoms with Gasteiger partial charge in [-0.2, -0.15) is 13.2 Å². The number of hydrogen-bond donors (Lipinski definition) is 1. The molecule has 0 saturated carbocycles. The summed E-state index contributed by atoms with van der Waals surface area (Å²) < 4.78 is 40.6. The highest BCUT2D eigenvalue weighted by molar-refractivity contribution is 9.10. The molecule has 0 fully saturated rings. The Balaban J connectivity index is 2.37. The largest absolute Gasteiger partial charge is 0.433 e. The minimum Gasteiger partial charge on any atom is -0.292 e. The van der Waals surface area contributed by atoms with Crippen LogP contribution in [0.3, 0.4) is 0 Å². The summed E-state index contributed by atoms with van der Waals surface area (Å²) in [5.74, 6) is 0. The minimum atomic E-state index is -4.41. The van der Waals surface area contributed by atoms with Crippen molar-refractivity contribution in [3.05, 3.63) is 50.2 Å². The molecule has 0 atom stereocenters. The van der Waals surface area contributed by atoms with E-state index in [-0.39, 0.29) is 16.7 Å². The smallest absolute Gasteiger partial charge is 0.292 e. The van der Waals surface area contributed by atoms with Gasteiger partial charge in [0, 0.05) is 10.0 Å². The first-order valence-electron chi connectivity index (χ1n) is 5.40. The summed E-state index contributed by atoms with van der Waals surface area (Å²) in [5.41, 5.74) is 0.142. The molecule has 0 saturated heterocycles. The zero-order chi connectivity index (χ0) is 14.2. The maximum absolute atomic E-state index is 12.7. The standard InChI is InChI=1S/C12H10BrF3N2S/c1-7-10(12(14,15)16)17-18(11(7)19)6-8-2-4-9(13)5-3-8/h2-5,17H,6H2,1H3. The molecule has 2 rings (SSSR count). The van der Waals surface area contributed by atoms with Crippen LogP contribution in [0.25, 0.3) is 0 Å². The van der Waals surface area contributed by atoms with E-state index in [0.29, 0.717) is 0 Å². The Kier molecular flexibility index (Phi) is 3.87. The zero-order valence-electron chi connectivity index (χ0n) is 9.88. The van der Waals surface area contributed by atoms with Crippen molar-refractivity contribution in [3.8, 4) is 0 Å². The molecule has 0 aliphatic carbocycles. The van der Waals surface area contributed by atoms with Gasteiger partial charge >= 0.3 is 6.18 Å². The van der Waals surface area contributed by atoms with Crippen molar-refractivity contribution >= 4 is 28.1 Å². The molecular formula is C12H10BrF3N2S. The number of H-pyrrole nitrogens is 1. The molecule has 0 radical (unpaired) electrons. The van der Waals surface area contributed by atoms with Gasteiger partial charge in [-0.15, -0.1) is 0 Å². The van der Waals surface area contributed by atoms with Gasteiger partial charge < -0.3 is 0 Å². The molecule has 1 aromatic carbocycles. The molecule has 0 unspecified atom stereocenters. The maximum Gasteiger partial charge on any atom is 0.433 e. The lowest BCUT2D eigenvalue weighted by Crippen LogP contribution is -2.09. The SMILES string of the molecule is Cc1c(C(F)(F)F)[nH]n(Cc2ccc(Br)cc2)c1=S. The molecule has 0 spiro atoms. The van der Waals surface area contributed by atoms with Crippen LogP contribution >= 0.6 is 28.1 Å². The highest BCUT2D eigenvalue weighted by Crippen LogP contribution is 2.31. The van der Waals surface area contributed by atoms with Gasteiger partial charge in [0.05, 0.1) is 6.54 Å². The summed E-state index contributed by atoms with van der Waals surface area (Å²) >= 11 is 8.33. The second-order valence-electron chi connectivity index (χ2n) is 4.13. The first-order chi connectivity index (χ1) is 8.79. The van der Waals surface area contributed by atoms with Crippen molar-refractivity contribution < 1.29 is 13.2 Å². The highest BCUT2D eigenvalue weighted by atomic mass is 79.9. The third kappa shape index (κ3) is 3.09. The Hall–Kier alpha value is -1.08. The van der Waals surface area contributed by atoms with E-state index in [9.17, 15) is 13.2 Å². The van der Waals surface area contributed by atoms with Crippen LogP contribution in [-0.4, -0.2) is 9.78 Å². The normalized spacial score (nSPS) is 11.8. The minimum absolute atomic E-state index is 0.0552.